The number of rotatable bonds is 2. The average Bonchev–Trinajstić information content (AvgIpc) is 2.74. The van der Waals surface area contributed by atoms with Crippen LogP contribution in [0.3, 0.4) is 0 Å². The summed E-state index contributed by atoms with van der Waals surface area (Å²) in [7, 11) is 0. The first kappa shape index (κ1) is 11.2. The molecule has 1 aromatic rings. The van der Waals surface area contributed by atoms with Crippen molar-refractivity contribution in [3.8, 4) is 5.75 Å². The molecule has 0 saturated carbocycles. The number of carbonyl (C=O) groups is 1. The number of amides is 1. The second kappa shape index (κ2) is 4.72. The highest BCUT2D eigenvalue weighted by molar-refractivity contribution is 6.31. The van der Waals surface area contributed by atoms with Crippen molar-refractivity contribution in [2.45, 2.75) is 12.5 Å². The molecule has 0 aliphatic carbocycles. The molecule has 3 N–H and O–H groups in total. The minimum atomic E-state index is -0.284. The van der Waals surface area contributed by atoms with Crippen LogP contribution in [0.15, 0.2) is 18.2 Å². The van der Waals surface area contributed by atoms with Gasteiger partial charge in [-0.15, -0.1) is 0 Å². The van der Waals surface area contributed by atoms with Crippen LogP contribution in [0.25, 0.3) is 0 Å². The lowest BCUT2D eigenvalue weighted by molar-refractivity contribution is 0.0937. The van der Waals surface area contributed by atoms with E-state index in [1.54, 1.807) is 6.07 Å². The Labute approximate surface area is 98.6 Å². The zero-order valence-electron chi connectivity index (χ0n) is 8.66. The maximum atomic E-state index is 11.8. The van der Waals surface area contributed by atoms with Crippen molar-refractivity contribution in [3.05, 3.63) is 28.8 Å². The number of phenols is 1. The molecule has 1 heterocycles. The summed E-state index contributed by atoms with van der Waals surface area (Å²) in [5.74, 6) is -0.332. The van der Waals surface area contributed by atoms with E-state index in [0.717, 1.165) is 19.5 Å². The highest BCUT2D eigenvalue weighted by Crippen LogP contribution is 2.21. The number of carbonyl (C=O) groups excluding carboxylic acids is 1. The van der Waals surface area contributed by atoms with Gasteiger partial charge in [0.25, 0.3) is 5.91 Å². The van der Waals surface area contributed by atoms with Crippen LogP contribution in [-0.4, -0.2) is 30.1 Å². The van der Waals surface area contributed by atoms with Gasteiger partial charge in [0.05, 0.1) is 5.56 Å². The molecule has 0 aromatic heterocycles. The van der Waals surface area contributed by atoms with E-state index in [-0.39, 0.29) is 23.3 Å². The molecule has 1 aromatic carbocycles. The minimum Gasteiger partial charge on any atom is -0.507 e. The largest absolute Gasteiger partial charge is 0.507 e. The summed E-state index contributed by atoms with van der Waals surface area (Å²) in [4.78, 5) is 11.8. The summed E-state index contributed by atoms with van der Waals surface area (Å²) in [6.07, 6.45) is 0.910. The van der Waals surface area contributed by atoms with E-state index in [9.17, 15) is 9.90 Å². The normalized spacial score (nSPS) is 19.7. The van der Waals surface area contributed by atoms with Gasteiger partial charge in [0.2, 0.25) is 0 Å². The molecule has 1 saturated heterocycles. The van der Waals surface area contributed by atoms with Gasteiger partial charge in [-0.05, 0) is 31.2 Å². The molecule has 0 unspecified atom stereocenters. The van der Waals surface area contributed by atoms with Crippen molar-refractivity contribution in [2.75, 3.05) is 13.1 Å². The third-order valence-corrected chi connectivity index (χ3v) is 2.83. The monoisotopic (exact) mass is 240 g/mol. The fourth-order valence-electron chi connectivity index (χ4n) is 1.73. The minimum absolute atomic E-state index is 0.0483. The molecule has 0 bridgehead atoms. The quantitative estimate of drug-likeness (QED) is 0.727. The van der Waals surface area contributed by atoms with Gasteiger partial charge in [-0.3, -0.25) is 4.79 Å². The van der Waals surface area contributed by atoms with Gasteiger partial charge >= 0.3 is 0 Å². The summed E-state index contributed by atoms with van der Waals surface area (Å²) in [5, 5.41) is 16.0. The predicted octanol–water partition coefficient (Wildman–Crippen LogP) is 1.14. The van der Waals surface area contributed by atoms with Gasteiger partial charge in [-0.25, -0.2) is 0 Å². The zero-order chi connectivity index (χ0) is 11.5. The maximum Gasteiger partial charge on any atom is 0.255 e. The van der Waals surface area contributed by atoms with Gasteiger partial charge in [0.15, 0.2) is 0 Å². The molecule has 86 valence electrons. The van der Waals surface area contributed by atoms with Gasteiger partial charge in [0, 0.05) is 17.6 Å². The van der Waals surface area contributed by atoms with Crippen molar-refractivity contribution in [1.29, 1.82) is 0 Å². The van der Waals surface area contributed by atoms with E-state index in [1.807, 2.05) is 0 Å². The molecule has 1 atom stereocenters. The Hall–Kier alpha value is -1.26. The van der Waals surface area contributed by atoms with Crippen molar-refractivity contribution in [3.63, 3.8) is 0 Å². The molecule has 1 fully saturated rings. The van der Waals surface area contributed by atoms with E-state index in [1.165, 1.54) is 12.1 Å². The first-order chi connectivity index (χ1) is 7.66. The van der Waals surface area contributed by atoms with E-state index in [0.29, 0.717) is 5.02 Å². The second-order valence-corrected chi connectivity index (χ2v) is 4.26. The van der Waals surface area contributed by atoms with E-state index in [2.05, 4.69) is 10.6 Å². The van der Waals surface area contributed by atoms with Crippen LogP contribution in [0.4, 0.5) is 0 Å². The fourth-order valence-corrected chi connectivity index (χ4v) is 1.90. The van der Waals surface area contributed by atoms with Crippen LogP contribution >= 0.6 is 11.6 Å². The Morgan fingerprint density at radius 2 is 2.38 bits per heavy atom. The lowest BCUT2D eigenvalue weighted by Crippen LogP contribution is -2.36. The first-order valence-electron chi connectivity index (χ1n) is 5.17. The molecule has 2 rings (SSSR count). The Kier molecular flexibility index (Phi) is 3.31. The van der Waals surface area contributed by atoms with Crippen LogP contribution in [-0.2, 0) is 0 Å². The molecule has 1 aliphatic rings. The smallest absolute Gasteiger partial charge is 0.255 e. The lowest BCUT2D eigenvalue weighted by Gasteiger charge is -2.12. The van der Waals surface area contributed by atoms with Crippen LogP contribution in [0.5, 0.6) is 5.75 Å². The topological polar surface area (TPSA) is 61.4 Å². The molecular formula is C11H13ClN2O2. The summed E-state index contributed by atoms with van der Waals surface area (Å²) < 4.78 is 0. The highest BCUT2D eigenvalue weighted by atomic mass is 35.5. The number of nitrogens with one attached hydrogen (secondary N) is 2. The first-order valence-corrected chi connectivity index (χ1v) is 5.54. The molecule has 4 nitrogen and oxygen atoms in total. The molecular weight excluding hydrogens is 228 g/mol. The van der Waals surface area contributed by atoms with Crippen molar-refractivity contribution < 1.29 is 9.90 Å². The Balaban J connectivity index is 2.10. The van der Waals surface area contributed by atoms with Crippen molar-refractivity contribution in [1.82, 2.24) is 10.6 Å². The van der Waals surface area contributed by atoms with Gasteiger partial charge in [-0.1, -0.05) is 11.6 Å². The molecule has 0 radical (unpaired) electrons. The summed E-state index contributed by atoms with van der Waals surface area (Å²) in [6, 6.07) is 4.56. The number of benzene rings is 1. The number of phenolic OH excluding ortho intramolecular Hbond substituents is 1. The summed E-state index contributed by atoms with van der Waals surface area (Å²) in [5.41, 5.74) is 0.222. The van der Waals surface area contributed by atoms with E-state index < -0.39 is 0 Å². The third kappa shape index (κ3) is 2.46. The Bertz CT molecular complexity index is 403. The van der Waals surface area contributed by atoms with Crippen LogP contribution in [0, 0.1) is 0 Å². The lowest BCUT2D eigenvalue weighted by atomic mass is 10.1. The zero-order valence-corrected chi connectivity index (χ0v) is 9.42. The van der Waals surface area contributed by atoms with Gasteiger partial charge in [-0.2, -0.15) is 0 Å². The van der Waals surface area contributed by atoms with Crippen molar-refractivity contribution in [2.24, 2.45) is 0 Å². The molecule has 0 spiro atoms. The fraction of sp³-hybridized carbons (Fsp3) is 0.364. The van der Waals surface area contributed by atoms with Crippen LogP contribution in [0.2, 0.25) is 5.02 Å². The highest BCUT2D eigenvalue weighted by Gasteiger charge is 2.19. The van der Waals surface area contributed by atoms with Crippen LogP contribution in [0.1, 0.15) is 16.8 Å². The second-order valence-electron chi connectivity index (χ2n) is 3.82. The van der Waals surface area contributed by atoms with E-state index >= 15 is 0 Å². The predicted molar refractivity (Wildman–Crippen MR) is 61.9 cm³/mol. The standard InChI is InChI=1S/C11H13ClN2O2/c12-7-1-2-10(15)9(5-7)11(16)14-8-3-4-13-6-8/h1-2,5,8,13,15H,3-4,6H2,(H,14,16)/t8-/m1/s1. The SMILES string of the molecule is O=C(N[C@@H]1CCNC1)c1cc(Cl)ccc1O. The van der Waals surface area contributed by atoms with Gasteiger partial charge < -0.3 is 15.7 Å². The molecule has 16 heavy (non-hydrogen) atoms. The number of hydrogen-bond donors (Lipinski definition) is 3. The summed E-state index contributed by atoms with van der Waals surface area (Å²) in [6.45, 7) is 1.68. The molecule has 5 heteroatoms. The molecule has 1 aliphatic heterocycles. The molecule has 1 amide bonds. The number of halogens is 1. The Morgan fingerprint density at radius 3 is 3.06 bits per heavy atom. The maximum absolute atomic E-state index is 11.8. The van der Waals surface area contributed by atoms with E-state index in [4.69, 9.17) is 11.6 Å². The average molecular weight is 241 g/mol. The number of hydrogen-bond acceptors (Lipinski definition) is 3. The number of aromatic hydroxyl groups is 1. The van der Waals surface area contributed by atoms with Crippen LogP contribution < -0.4 is 10.6 Å². The van der Waals surface area contributed by atoms with Crippen molar-refractivity contribution >= 4 is 17.5 Å². The Morgan fingerprint density at radius 1 is 1.56 bits per heavy atom. The third-order valence-electron chi connectivity index (χ3n) is 2.60. The van der Waals surface area contributed by atoms with Gasteiger partial charge in [0.1, 0.15) is 5.75 Å². The summed E-state index contributed by atoms with van der Waals surface area (Å²) >= 11 is 5.77.